The first-order valence-electron chi connectivity index (χ1n) is 24.3. The number of anilines is 3. The molecule has 6 aromatic rings. The third-order valence-electron chi connectivity index (χ3n) is 14.7. The quantitative estimate of drug-likeness (QED) is 0.0547. The average molecular weight is 949 g/mol. The van der Waals surface area contributed by atoms with Crippen LogP contribution in [0.2, 0.25) is 18.6 Å². The molecule has 1 spiro atoms. The van der Waals surface area contributed by atoms with Gasteiger partial charge in [-0.3, -0.25) is 19.2 Å². The molecule has 9 rings (SSSR count). The van der Waals surface area contributed by atoms with Crippen LogP contribution in [0.4, 0.5) is 17.1 Å². The number of aliphatic hydroxyl groups excluding tert-OH is 2. The molecule has 69 heavy (non-hydrogen) atoms. The molecule has 0 radical (unpaired) electrons. The molecule has 1 aromatic heterocycles. The van der Waals surface area contributed by atoms with E-state index >= 15 is 4.79 Å². The zero-order valence-electron chi connectivity index (χ0n) is 40.3. The molecule has 14 heteroatoms. The zero-order chi connectivity index (χ0) is 48.3. The molecule has 0 bridgehead atoms. The Morgan fingerprint density at radius 1 is 0.899 bits per heavy atom. The maximum absolute atomic E-state index is 15.9. The maximum atomic E-state index is 15.9. The molecular weight excluding hydrogens is 885 g/mol. The minimum atomic E-state index is -2.52. The van der Waals surface area contributed by atoms with Crippen molar-refractivity contribution in [3.63, 3.8) is 0 Å². The van der Waals surface area contributed by atoms with Crippen LogP contribution in [0.25, 0.3) is 0 Å². The molecule has 2 amide bonds. The van der Waals surface area contributed by atoms with Crippen molar-refractivity contribution in [1.82, 2.24) is 20.3 Å². The molecule has 360 valence electrons. The standard InChI is InChI=1S/C55H64N6O7Si/c1-6-67-43-22-26-49-40(31-43)32-47(56-28-13-14-30-62)53(64)61(49)41-19-25-50-46(33-41)55(54(65)60(50)34-38-15-9-7-10-16-38)37(2)52(69(4,5)44-23-20-42(66-3)21-24-44)51(68-55)27-29-59-35-48(57-58-59)45(36-63)39-17-11-8-12-18-39/h7-12,15-26,31,33,35,37,45,47,51-52,56,62-63H,6,13-14,27-30,32,34,36H2,1-5H3/t37-,45?,47?,51+,52-,55+/m0/s1. The van der Waals surface area contributed by atoms with E-state index in [0.29, 0.717) is 56.9 Å². The summed E-state index contributed by atoms with van der Waals surface area (Å²) in [4.78, 5) is 34.4. The SMILES string of the molecule is CCOc1ccc2c(c1)CC(NCCCCO)C(=O)N2c1ccc2c(c1)[C@@]1(O[C@H](CCn3cc(C(CO)c4ccccc4)nn3)[C@@H]([Si](C)(C)c3ccc(OC)cc3)[C@@H]1C)C(=O)N2Cc1ccccc1. The van der Waals surface area contributed by atoms with Crippen molar-refractivity contribution in [2.45, 2.75) is 94.9 Å². The molecule has 1 fully saturated rings. The minimum Gasteiger partial charge on any atom is -0.497 e. The van der Waals surface area contributed by atoms with Crippen LogP contribution in [0.15, 0.2) is 128 Å². The zero-order valence-corrected chi connectivity index (χ0v) is 41.3. The topological polar surface area (TPSA) is 152 Å². The second-order valence-electron chi connectivity index (χ2n) is 19.1. The Hall–Kier alpha value is -6.16. The van der Waals surface area contributed by atoms with Crippen molar-refractivity contribution in [3.8, 4) is 11.5 Å². The first-order chi connectivity index (χ1) is 33.5. The van der Waals surface area contributed by atoms with Gasteiger partial charge in [-0.25, -0.2) is 0 Å². The number of aryl methyl sites for hydroxylation is 1. The van der Waals surface area contributed by atoms with Crippen molar-refractivity contribution in [3.05, 3.63) is 155 Å². The summed E-state index contributed by atoms with van der Waals surface area (Å²) in [5.74, 6) is 0.684. The highest BCUT2D eigenvalue weighted by molar-refractivity contribution is 6.91. The Morgan fingerprint density at radius 2 is 1.62 bits per heavy atom. The molecule has 2 unspecified atom stereocenters. The predicted molar refractivity (Wildman–Crippen MR) is 270 cm³/mol. The number of hydrogen-bond donors (Lipinski definition) is 3. The number of amides is 2. The highest BCUT2D eigenvalue weighted by Gasteiger charge is 2.66. The summed E-state index contributed by atoms with van der Waals surface area (Å²) >= 11 is 0. The van der Waals surface area contributed by atoms with Gasteiger partial charge in [0.15, 0.2) is 5.60 Å². The van der Waals surface area contributed by atoms with E-state index in [4.69, 9.17) is 14.2 Å². The average Bonchev–Trinajstić information content (AvgIpc) is 4.03. The van der Waals surface area contributed by atoms with Crippen molar-refractivity contribution in [2.24, 2.45) is 5.92 Å². The van der Waals surface area contributed by atoms with Gasteiger partial charge >= 0.3 is 0 Å². The van der Waals surface area contributed by atoms with Crippen molar-refractivity contribution >= 4 is 42.1 Å². The lowest BCUT2D eigenvalue weighted by Crippen LogP contribution is -2.52. The van der Waals surface area contributed by atoms with E-state index in [2.05, 4.69) is 47.8 Å². The number of ether oxygens (including phenoxy) is 3. The van der Waals surface area contributed by atoms with Crippen LogP contribution in [0.5, 0.6) is 11.5 Å². The lowest BCUT2D eigenvalue weighted by Gasteiger charge is -2.37. The molecule has 3 N–H and O–H groups in total. The van der Waals surface area contributed by atoms with Gasteiger partial charge in [-0.05, 0) is 110 Å². The fourth-order valence-corrected chi connectivity index (χ4v) is 15.3. The van der Waals surface area contributed by atoms with Gasteiger partial charge in [0.05, 0.1) is 70.1 Å². The second kappa shape index (κ2) is 20.4. The molecule has 3 aliphatic rings. The molecule has 13 nitrogen and oxygen atoms in total. The van der Waals surface area contributed by atoms with Crippen molar-refractivity contribution in [2.75, 3.05) is 43.3 Å². The number of aliphatic hydroxyl groups is 2. The van der Waals surface area contributed by atoms with E-state index in [9.17, 15) is 15.0 Å². The maximum Gasteiger partial charge on any atom is 0.264 e. The number of aromatic nitrogens is 3. The number of unbranched alkanes of at least 4 members (excludes halogenated alkanes) is 1. The van der Waals surface area contributed by atoms with Crippen LogP contribution < -0.4 is 29.8 Å². The molecule has 0 aliphatic carbocycles. The molecule has 0 saturated carbocycles. The third-order valence-corrected chi connectivity index (χ3v) is 19.1. The van der Waals surface area contributed by atoms with E-state index in [0.717, 1.165) is 51.5 Å². The normalized spacial score (nSPS) is 21.4. The lowest BCUT2D eigenvalue weighted by atomic mass is 9.82. The van der Waals surface area contributed by atoms with Crippen LogP contribution >= 0.6 is 0 Å². The summed E-state index contributed by atoms with van der Waals surface area (Å²) in [6.07, 6.45) is 3.93. The fourth-order valence-electron chi connectivity index (χ4n) is 11.3. The minimum absolute atomic E-state index is 0.0534. The molecule has 6 atom stereocenters. The Balaban J connectivity index is 1.14. The summed E-state index contributed by atoms with van der Waals surface area (Å²) in [6.45, 7) is 10.8. The molecular formula is C55H64N6O7Si. The Morgan fingerprint density at radius 3 is 2.33 bits per heavy atom. The number of nitrogens with one attached hydrogen (secondary N) is 1. The van der Waals surface area contributed by atoms with Crippen molar-refractivity contribution < 1.29 is 34.0 Å². The van der Waals surface area contributed by atoms with Gasteiger partial charge < -0.3 is 34.6 Å². The van der Waals surface area contributed by atoms with E-state index < -0.39 is 19.7 Å². The van der Waals surface area contributed by atoms with Gasteiger partial charge in [0.2, 0.25) is 5.91 Å². The number of methoxy groups -OCH3 is 1. The van der Waals surface area contributed by atoms with Crippen LogP contribution in [0, 0.1) is 5.92 Å². The van der Waals surface area contributed by atoms with Crippen LogP contribution in [0.3, 0.4) is 0 Å². The Bertz CT molecular complexity index is 2740. The van der Waals surface area contributed by atoms with E-state index in [1.54, 1.807) is 12.0 Å². The van der Waals surface area contributed by atoms with Gasteiger partial charge in [-0.1, -0.05) is 103 Å². The number of nitrogens with zero attached hydrogens (tertiary/aromatic N) is 5. The Labute approximate surface area is 406 Å². The molecule has 1 saturated heterocycles. The molecule has 5 aromatic carbocycles. The number of carbonyl (C=O) groups excluding carboxylic acids is 2. The Kier molecular flexibility index (Phi) is 14.2. The lowest BCUT2D eigenvalue weighted by molar-refractivity contribution is -0.146. The van der Waals surface area contributed by atoms with Crippen LogP contribution in [0.1, 0.15) is 67.0 Å². The van der Waals surface area contributed by atoms with Crippen LogP contribution in [-0.2, 0) is 39.4 Å². The van der Waals surface area contributed by atoms with Gasteiger partial charge in [-0.15, -0.1) is 5.10 Å². The smallest absolute Gasteiger partial charge is 0.264 e. The van der Waals surface area contributed by atoms with Gasteiger partial charge in [0.1, 0.15) is 11.5 Å². The molecule has 3 aliphatic heterocycles. The van der Waals surface area contributed by atoms with Crippen molar-refractivity contribution in [1.29, 1.82) is 0 Å². The van der Waals surface area contributed by atoms with E-state index in [-0.39, 0.29) is 48.5 Å². The summed E-state index contributed by atoms with van der Waals surface area (Å²) in [6, 6.07) is 39.6. The molecule has 4 heterocycles. The first kappa shape index (κ1) is 47.9. The highest BCUT2D eigenvalue weighted by Crippen LogP contribution is 2.61. The monoisotopic (exact) mass is 948 g/mol. The summed E-state index contributed by atoms with van der Waals surface area (Å²) in [7, 11) is -0.852. The second-order valence-corrected chi connectivity index (χ2v) is 23.8. The first-order valence-corrected chi connectivity index (χ1v) is 27.4. The third kappa shape index (κ3) is 9.12. The summed E-state index contributed by atoms with van der Waals surface area (Å²) in [5.41, 5.74) is 5.08. The number of carbonyl (C=O) groups is 2. The van der Waals surface area contributed by atoms with E-state index in [1.165, 1.54) is 5.19 Å². The number of fused-ring (bicyclic) bond motifs is 3. The largest absolute Gasteiger partial charge is 0.497 e. The summed E-state index contributed by atoms with van der Waals surface area (Å²) in [5, 5.41) is 33.8. The predicted octanol–water partition coefficient (Wildman–Crippen LogP) is 7.61. The summed E-state index contributed by atoms with van der Waals surface area (Å²) < 4.78 is 21.0. The number of hydrogen-bond acceptors (Lipinski definition) is 10. The van der Waals surface area contributed by atoms with E-state index in [1.807, 2.05) is 132 Å². The fraction of sp³-hybridized carbons (Fsp3) is 0.382. The highest BCUT2D eigenvalue weighted by atomic mass is 28.3. The van der Waals surface area contributed by atoms with Gasteiger partial charge in [0, 0.05) is 36.5 Å². The van der Waals surface area contributed by atoms with Gasteiger partial charge in [-0.2, -0.15) is 0 Å². The number of benzene rings is 5. The number of rotatable bonds is 19. The van der Waals surface area contributed by atoms with Gasteiger partial charge in [0.25, 0.3) is 5.91 Å². The van der Waals surface area contributed by atoms with Crippen LogP contribution in [-0.4, -0.2) is 90.7 Å².